The number of benzene rings is 1. The molecule has 0 saturated heterocycles. The number of carbonyl (C=O) groups is 1. The molecule has 0 radical (unpaired) electrons. The van der Waals surface area contributed by atoms with Crippen LogP contribution in [0.5, 0.6) is 0 Å². The van der Waals surface area contributed by atoms with Gasteiger partial charge in [-0.1, -0.05) is 0 Å². The molecule has 0 aliphatic carbocycles. The van der Waals surface area contributed by atoms with E-state index in [-0.39, 0.29) is 0 Å². The van der Waals surface area contributed by atoms with Gasteiger partial charge in [0.1, 0.15) is 11.8 Å². The number of nitrogens with zero attached hydrogens (tertiary/aromatic N) is 1. The maximum absolute atomic E-state index is 10.5. The molecular formula is C8H5BrN2O. The van der Waals surface area contributed by atoms with E-state index in [1.54, 1.807) is 18.5 Å². The van der Waals surface area contributed by atoms with E-state index in [1.165, 1.54) is 0 Å². The van der Waals surface area contributed by atoms with Crippen LogP contribution in [0, 0.1) is 0 Å². The second-order valence-corrected chi connectivity index (χ2v) is 3.27. The lowest BCUT2D eigenvalue weighted by Gasteiger charge is -1.93. The van der Waals surface area contributed by atoms with Gasteiger partial charge in [0.25, 0.3) is 0 Å². The maximum atomic E-state index is 10.5. The molecule has 0 aliphatic rings. The first-order valence-electron chi connectivity index (χ1n) is 3.39. The predicted molar refractivity (Wildman–Crippen MR) is 49.2 cm³/mol. The van der Waals surface area contributed by atoms with Gasteiger partial charge in [-0.2, -0.15) is 0 Å². The average molecular weight is 225 g/mol. The monoisotopic (exact) mass is 224 g/mol. The highest BCUT2D eigenvalue weighted by molar-refractivity contribution is 9.10. The van der Waals surface area contributed by atoms with Crippen molar-refractivity contribution in [1.29, 1.82) is 0 Å². The van der Waals surface area contributed by atoms with Crippen molar-refractivity contribution in [3.63, 3.8) is 0 Å². The summed E-state index contributed by atoms with van der Waals surface area (Å²) >= 11 is 3.33. The van der Waals surface area contributed by atoms with E-state index >= 15 is 0 Å². The quantitative estimate of drug-likeness (QED) is 0.755. The number of carbonyl (C=O) groups excluding carboxylic acids is 1. The standard InChI is InChI=1S/C8H5BrN2O/c9-6-1-5(3-12)2-7-8(6)11-4-10-7/h1-4H,(H,10,11). The Hall–Kier alpha value is -1.16. The fourth-order valence-electron chi connectivity index (χ4n) is 1.10. The fraction of sp³-hybridized carbons (Fsp3) is 0. The van der Waals surface area contributed by atoms with Gasteiger partial charge in [-0.15, -0.1) is 0 Å². The van der Waals surface area contributed by atoms with Gasteiger partial charge in [-0.3, -0.25) is 4.79 Å². The Kier molecular flexibility index (Phi) is 1.69. The summed E-state index contributed by atoms with van der Waals surface area (Å²) in [5.74, 6) is 0. The third-order valence-electron chi connectivity index (χ3n) is 1.64. The number of hydrogen-bond donors (Lipinski definition) is 1. The molecule has 0 bridgehead atoms. The summed E-state index contributed by atoms with van der Waals surface area (Å²) in [4.78, 5) is 17.5. The van der Waals surface area contributed by atoms with Gasteiger partial charge in [0.15, 0.2) is 0 Å². The first-order valence-corrected chi connectivity index (χ1v) is 4.18. The first-order chi connectivity index (χ1) is 5.81. The van der Waals surface area contributed by atoms with Crippen molar-refractivity contribution in [3.8, 4) is 0 Å². The molecule has 0 atom stereocenters. The summed E-state index contributed by atoms with van der Waals surface area (Å²) in [5.41, 5.74) is 2.35. The molecule has 1 heterocycles. The third kappa shape index (κ3) is 1.04. The normalized spacial score (nSPS) is 10.4. The minimum absolute atomic E-state index is 0.638. The van der Waals surface area contributed by atoms with Crippen LogP contribution < -0.4 is 0 Å². The molecule has 1 aromatic heterocycles. The number of nitrogens with one attached hydrogen (secondary N) is 1. The van der Waals surface area contributed by atoms with Gasteiger partial charge >= 0.3 is 0 Å². The molecule has 2 aromatic rings. The highest BCUT2D eigenvalue weighted by Gasteiger charge is 2.02. The molecule has 3 nitrogen and oxygen atoms in total. The predicted octanol–water partition coefficient (Wildman–Crippen LogP) is 2.14. The molecule has 12 heavy (non-hydrogen) atoms. The van der Waals surface area contributed by atoms with Crippen molar-refractivity contribution >= 4 is 33.2 Å². The van der Waals surface area contributed by atoms with Crippen LogP contribution >= 0.6 is 15.9 Å². The number of aldehydes is 1. The SMILES string of the molecule is O=Cc1cc(Br)c2nc[nH]c2c1. The Labute approximate surface area is 76.9 Å². The van der Waals surface area contributed by atoms with Crippen molar-refractivity contribution < 1.29 is 4.79 Å². The van der Waals surface area contributed by atoms with Crippen molar-refractivity contribution in [2.45, 2.75) is 0 Å². The average Bonchev–Trinajstić information content (AvgIpc) is 2.52. The van der Waals surface area contributed by atoms with E-state index in [2.05, 4.69) is 25.9 Å². The summed E-state index contributed by atoms with van der Waals surface area (Å²) in [6.45, 7) is 0. The molecule has 1 N–H and O–H groups in total. The van der Waals surface area contributed by atoms with Gasteiger partial charge in [-0.05, 0) is 28.1 Å². The molecule has 0 spiro atoms. The van der Waals surface area contributed by atoms with Crippen molar-refractivity contribution in [2.24, 2.45) is 0 Å². The summed E-state index contributed by atoms with van der Waals surface area (Å²) in [6, 6.07) is 3.51. The molecule has 0 amide bonds. The number of halogens is 1. The highest BCUT2D eigenvalue weighted by Crippen LogP contribution is 2.21. The van der Waals surface area contributed by atoms with Crippen LogP contribution in [0.3, 0.4) is 0 Å². The number of H-pyrrole nitrogens is 1. The molecule has 2 rings (SSSR count). The van der Waals surface area contributed by atoms with E-state index < -0.39 is 0 Å². The van der Waals surface area contributed by atoms with Crippen molar-refractivity contribution in [1.82, 2.24) is 9.97 Å². The first kappa shape index (κ1) is 7.49. The van der Waals surface area contributed by atoms with E-state index in [1.807, 2.05) is 0 Å². The Morgan fingerprint density at radius 1 is 1.50 bits per heavy atom. The third-order valence-corrected chi connectivity index (χ3v) is 2.24. The number of hydrogen-bond acceptors (Lipinski definition) is 2. The second-order valence-electron chi connectivity index (χ2n) is 2.42. The topological polar surface area (TPSA) is 45.8 Å². The van der Waals surface area contributed by atoms with Crippen molar-refractivity contribution in [3.05, 3.63) is 28.5 Å². The van der Waals surface area contributed by atoms with Crippen molar-refractivity contribution in [2.75, 3.05) is 0 Å². The zero-order chi connectivity index (χ0) is 8.55. The van der Waals surface area contributed by atoms with Crippen LogP contribution in [0.25, 0.3) is 11.0 Å². The van der Waals surface area contributed by atoms with E-state index in [9.17, 15) is 4.79 Å². The zero-order valence-electron chi connectivity index (χ0n) is 6.04. The highest BCUT2D eigenvalue weighted by atomic mass is 79.9. The van der Waals surface area contributed by atoms with E-state index in [0.29, 0.717) is 5.56 Å². The Balaban J connectivity index is 2.83. The zero-order valence-corrected chi connectivity index (χ0v) is 7.63. The number of aromatic amines is 1. The lowest BCUT2D eigenvalue weighted by molar-refractivity contribution is 0.112. The number of rotatable bonds is 1. The summed E-state index contributed by atoms with van der Waals surface area (Å²) in [7, 11) is 0. The maximum Gasteiger partial charge on any atom is 0.150 e. The summed E-state index contributed by atoms with van der Waals surface area (Å²) < 4.78 is 0.836. The lowest BCUT2D eigenvalue weighted by atomic mass is 10.2. The van der Waals surface area contributed by atoms with Crippen LogP contribution in [-0.4, -0.2) is 16.3 Å². The Morgan fingerprint density at radius 3 is 3.08 bits per heavy atom. The largest absolute Gasteiger partial charge is 0.345 e. The van der Waals surface area contributed by atoms with Crippen LogP contribution in [0.1, 0.15) is 10.4 Å². The Bertz CT molecular complexity index is 436. The summed E-state index contributed by atoms with van der Waals surface area (Å²) in [6.07, 6.45) is 2.41. The van der Waals surface area contributed by atoms with Gasteiger partial charge in [-0.25, -0.2) is 4.98 Å². The van der Waals surface area contributed by atoms with Crippen LogP contribution in [0.15, 0.2) is 22.9 Å². The molecule has 0 saturated carbocycles. The fourth-order valence-corrected chi connectivity index (χ4v) is 1.68. The van der Waals surface area contributed by atoms with Crippen LogP contribution in [-0.2, 0) is 0 Å². The van der Waals surface area contributed by atoms with Gasteiger partial charge < -0.3 is 4.98 Å². The summed E-state index contributed by atoms with van der Waals surface area (Å²) in [5, 5.41) is 0. The minimum atomic E-state index is 0.638. The van der Waals surface area contributed by atoms with Gasteiger partial charge in [0, 0.05) is 10.0 Å². The van der Waals surface area contributed by atoms with Crippen LogP contribution in [0.2, 0.25) is 0 Å². The van der Waals surface area contributed by atoms with Gasteiger partial charge in [0.05, 0.1) is 11.8 Å². The smallest absolute Gasteiger partial charge is 0.150 e. The minimum Gasteiger partial charge on any atom is -0.345 e. The number of imidazole rings is 1. The van der Waals surface area contributed by atoms with E-state index in [0.717, 1.165) is 21.8 Å². The molecule has 60 valence electrons. The molecule has 1 aromatic carbocycles. The molecule has 0 unspecified atom stereocenters. The Morgan fingerprint density at radius 2 is 2.33 bits per heavy atom. The van der Waals surface area contributed by atoms with E-state index in [4.69, 9.17) is 0 Å². The second kappa shape index (κ2) is 2.71. The van der Waals surface area contributed by atoms with Crippen LogP contribution in [0.4, 0.5) is 0 Å². The molecule has 0 fully saturated rings. The number of fused-ring (bicyclic) bond motifs is 1. The molecule has 0 aliphatic heterocycles. The molecular weight excluding hydrogens is 220 g/mol. The van der Waals surface area contributed by atoms with Gasteiger partial charge in [0.2, 0.25) is 0 Å². The molecule has 4 heteroatoms. The lowest BCUT2D eigenvalue weighted by Crippen LogP contribution is -1.80. The number of aromatic nitrogens is 2.